The minimum atomic E-state index is -0.438. The molecule has 2 heterocycles. The lowest BCUT2D eigenvalue weighted by Gasteiger charge is -2.13. The highest BCUT2D eigenvalue weighted by Gasteiger charge is 2.22. The summed E-state index contributed by atoms with van der Waals surface area (Å²) >= 11 is 1.04. The van der Waals surface area contributed by atoms with Crippen molar-refractivity contribution in [3.63, 3.8) is 0 Å². The summed E-state index contributed by atoms with van der Waals surface area (Å²) in [5, 5.41) is 10.6. The molecule has 0 aliphatic carbocycles. The average Bonchev–Trinajstić information content (AvgIpc) is 3.02. The number of nitrogens with one attached hydrogen (secondary N) is 1. The molecule has 28 heavy (non-hydrogen) atoms. The molecule has 0 spiro atoms. The maximum atomic E-state index is 12.2. The number of nitrogens with zero attached hydrogens (tertiary/aromatic N) is 3. The zero-order valence-corrected chi connectivity index (χ0v) is 16.8. The number of thioether (sulfide) groups is 1. The van der Waals surface area contributed by atoms with Gasteiger partial charge in [-0.05, 0) is 32.9 Å². The van der Waals surface area contributed by atoms with Crippen molar-refractivity contribution >= 4 is 17.7 Å². The summed E-state index contributed by atoms with van der Waals surface area (Å²) < 4.78 is 12.4. The molecule has 1 amide bonds. The molecule has 10 heteroatoms. The predicted molar refractivity (Wildman–Crippen MR) is 105 cm³/mol. The van der Waals surface area contributed by atoms with Crippen LogP contribution in [0.5, 0.6) is 11.5 Å². The van der Waals surface area contributed by atoms with Crippen molar-refractivity contribution in [3.05, 3.63) is 39.3 Å². The summed E-state index contributed by atoms with van der Waals surface area (Å²) in [6.07, 6.45) is 0.979. The third-order valence-corrected chi connectivity index (χ3v) is 5.15. The summed E-state index contributed by atoms with van der Waals surface area (Å²) in [4.78, 5) is 24.0. The van der Waals surface area contributed by atoms with Crippen molar-refractivity contribution in [2.24, 2.45) is 0 Å². The number of carbonyl (C=O) groups excluding carboxylic acids is 1. The summed E-state index contributed by atoms with van der Waals surface area (Å²) in [5.74, 6) is 7.07. The van der Waals surface area contributed by atoms with Crippen molar-refractivity contribution in [1.82, 2.24) is 20.2 Å². The van der Waals surface area contributed by atoms with Gasteiger partial charge in [0.25, 0.3) is 5.56 Å². The monoisotopic (exact) mass is 405 g/mol. The Balaban J connectivity index is 1.62. The van der Waals surface area contributed by atoms with E-state index >= 15 is 0 Å². The Morgan fingerprint density at radius 3 is 3.00 bits per heavy atom. The van der Waals surface area contributed by atoms with Gasteiger partial charge >= 0.3 is 0 Å². The molecule has 150 valence electrons. The largest absolute Gasteiger partial charge is 0.494 e. The first-order chi connectivity index (χ1) is 13.4. The number of ether oxygens (including phenoxy) is 2. The zero-order chi connectivity index (χ0) is 20.3. The Morgan fingerprint density at radius 1 is 1.46 bits per heavy atom. The highest BCUT2D eigenvalue weighted by Crippen LogP contribution is 2.35. The second-order valence-electron chi connectivity index (χ2n) is 6.44. The molecule has 1 aromatic heterocycles. The Bertz CT molecular complexity index is 946. The van der Waals surface area contributed by atoms with E-state index < -0.39 is 5.56 Å². The van der Waals surface area contributed by atoms with Crippen LogP contribution in [0.15, 0.2) is 22.1 Å². The average molecular weight is 405 g/mol. The predicted octanol–water partition coefficient (Wildman–Crippen LogP) is 0.791. The lowest BCUT2D eigenvalue weighted by atomic mass is 10.1. The van der Waals surface area contributed by atoms with Crippen LogP contribution in [0.2, 0.25) is 0 Å². The number of nitrogen functional groups attached to an aromatic ring is 1. The van der Waals surface area contributed by atoms with Crippen LogP contribution in [-0.4, -0.2) is 39.2 Å². The Morgan fingerprint density at radius 2 is 2.25 bits per heavy atom. The number of nitrogens with two attached hydrogens (primary N) is 1. The summed E-state index contributed by atoms with van der Waals surface area (Å²) in [5.41, 5.74) is 1.72. The molecule has 0 radical (unpaired) electrons. The molecule has 0 unspecified atom stereocenters. The van der Waals surface area contributed by atoms with Crippen molar-refractivity contribution < 1.29 is 14.3 Å². The maximum Gasteiger partial charge on any atom is 0.294 e. The van der Waals surface area contributed by atoms with Crippen molar-refractivity contribution in [1.29, 1.82) is 0 Å². The fraction of sp³-hybridized carbons (Fsp3) is 0.444. The number of hydrogen-bond acceptors (Lipinski definition) is 8. The van der Waals surface area contributed by atoms with E-state index in [0.717, 1.165) is 45.5 Å². The van der Waals surface area contributed by atoms with E-state index in [4.69, 9.17) is 15.3 Å². The minimum absolute atomic E-state index is 0.0524. The number of amides is 1. The minimum Gasteiger partial charge on any atom is -0.494 e. The van der Waals surface area contributed by atoms with Gasteiger partial charge in [-0.25, -0.2) is 0 Å². The van der Waals surface area contributed by atoms with Crippen LogP contribution in [0.25, 0.3) is 0 Å². The lowest BCUT2D eigenvalue weighted by Crippen LogP contribution is -2.33. The van der Waals surface area contributed by atoms with Gasteiger partial charge in [0.1, 0.15) is 23.3 Å². The van der Waals surface area contributed by atoms with Crippen LogP contribution in [0.1, 0.15) is 30.7 Å². The van der Waals surface area contributed by atoms with Gasteiger partial charge in [0.05, 0.1) is 12.4 Å². The van der Waals surface area contributed by atoms with E-state index in [1.54, 1.807) is 0 Å². The molecule has 1 aliphatic rings. The van der Waals surface area contributed by atoms with Crippen LogP contribution in [-0.2, 0) is 17.8 Å². The molecule has 1 aromatic carbocycles. The molecule has 2 aromatic rings. The molecule has 3 N–H and O–H groups in total. The lowest BCUT2D eigenvalue weighted by molar-refractivity contribution is -0.118. The quantitative estimate of drug-likeness (QED) is 0.512. The van der Waals surface area contributed by atoms with Crippen LogP contribution in [0, 0.1) is 6.92 Å². The molecule has 0 fully saturated rings. The molecule has 0 saturated heterocycles. The fourth-order valence-electron chi connectivity index (χ4n) is 2.85. The number of hydrogen-bond donors (Lipinski definition) is 2. The fourth-order valence-corrected chi connectivity index (χ4v) is 3.54. The highest BCUT2D eigenvalue weighted by molar-refractivity contribution is 7.99. The molecule has 1 aliphatic heterocycles. The van der Waals surface area contributed by atoms with Gasteiger partial charge in [0.2, 0.25) is 11.1 Å². The third-order valence-electron chi connectivity index (χ3n) is 4.21. The van der Waals surface area contributed by atoms with Gasteiger partial charge in [0.15, 0.2) is 0 Å². The van der Waals surface area contributed by atoms with Gasteiger partial charge in [-0.2, -0.15) is 4.68 Å². The number of rotatable bonds is 7. The van der Waals surface area contributed by atoms with Gasteiger partial charge < -0.3 is 20.6 Å². The van der Waals surface area contributed by atoms with Gasteiger partial charge in [0, 0.05) is 24.1 Å². The van der Waals surface area contributed by atoms with E-state index in [1.165, 1.54) is 6.92 Å². The molecular formula is C18H23N5O4S. The van der Waals surface area contributed by atoms with E-state index in [2.05, 4.69) is 15.5 Å². The smallest absolute Gasteiger partial charge is 0.294 e. The van der Waals surface area contributed by atoms with E-state index in [1.807, 2.05) is 26.0 Å². The molecule has 0 saturated carbocycles. The maximum absolute atomic E-state index is 12.2. The standard InChI is InChI=1S/C18H23N5O4S/c1-4-26-14-6-12-5-10(2)27-15(12)7-13(14)8-20-16(24)9-28-18-22-21-11(3)17(25)23(18)19/h6-7,10H,4-5,8-9,19H2,1-3H3,(H,20,24)/t10-/m1/s1. The Kier molecular flexibility index (Phi) is 6.08. The number of aryl methyl sites for hydroxylation is 1. The number of aromatic nitrogens is 3. The number of carbonyl (C=O) groups is 1. The second kappa shape index (κ2) is 8.51. The second-order valence-corrected chi connectivity index (χ2v) is 7.38. The SMILES string of the molecule is CCOc1cc2c(cc1CNC(=O)CSc1nnc(C)c(=O)n1N)O[C@H](C)C2. The van der Waals surface area contributed by atoms with Crippen LogP contribution < -0.4 is 26.2 Å². The van der Waals surface area contributed by atoms with Crippen molar-refractivity contribution in [3.8, 4) is 11.5 Å². The first-order valence-electron chi connectivity index (χ1n) is 8.95. The first-order valence-corrected chi connectivity index (χ1v) is 9.93. The van der Waals surface area contributed by atoms with E-state index in [9.17, 15) is 9.59 Å². The molecule has 1 atom stereocenters. The summed E-state index contributed by atoms with van der Waals surface area (Å²) in [6, 6.07) is 3.90. The summed E-state index contributed by atoms with van der Waals surface area (Å²) in [6.45, 7) is 6.29. The molecular weight excluding hydrogens is 382 g/mol. The molecule has 9 nitrogen and oxygen atoms in total. The van der Waals surface area contributed by atoms with Gasteiger partial charge in [-0.15, -0.1) is 10.2 Å². The van der Waals surface area contributed by atoms with Crippen LogP contribution in [0.3, 0.4) is 0 Å². The highest BCUT2D eigenvalue weighted by atomic mass is 32.2. The Hall–Kier alpha value is -2.75. The van der Waals surface area contributed by atoms with Gasteiger partial charge in [-0.1, -0.05) is 11.8 Å². The molecule has 3 rings (SSSR count). The first kappa shape index (κ1) is 20.0. The number of fused-ring (bicyclic) bond motifs is 1. The van der Waals surface area contributed by atoms with Gasteiger partial charge in [-0.3, -0.25) is 9.59 Å². The topological polar surface area (TPSA) is 121 Å². The van der Waals surface area contributed by atoms with Crippen molar-refractivity contribution in [2.45, 2.75) is 45.0 Å². The zero-order valence-electron chi connectivity index (χ0n) is 16.0. The molecule has 0 bridgehead atoms. The van der Waals surface area contributed by atoms with E-state index in [-0.39, 0.29) is 28.6 Å². The number of benzene rings is 1. The van der Waals surface area contributed by atoms with E-state index in [0.29, 0.717) is 13.2 Å². The Labute approximate surface area is 166 Å². The summed E-state index contributed by atoms with van der Waals surface area (Å²) in [7, 11) is 0. The van der Waals surface area contributed by atoms with Crippen molar-refractivity contribution in [2.75, 3.05) is 18.2 Å². The van der Waals surface area contributed by atoms with Crippen LogP contribution in [0.4, 0.5) is 0 Å². The van der Waals surface area contributed by atoms with Crippen LogP contribution >= 0.6 is 11.8 Å². The third kappa shape index (κ3) is 4.38. The normalized spacial score (nSPS) is 15.0.